The Balaban J connectivity index is 1.06. The first kappa shape index (κ1) is 36.1. The molecule has 1 spiro atoms. The quantitative estimate of drug-likeness (QED) is 0.174. The molecule has 10 aromatic rings. The van der Waals surface area contributed by atoms with E-state index in [-0.39, 0.29) is 5.41 Å². The Labute approximate surface area is 362 Å². The summed E-state index contributed by atoms with van der Waals surface area (Å²) < 4.78 is 0. The normalized spacial score (nSPS) is 13.9. The third kappa shape index (κ3) is 5.28. The van der Waals surface area contributed by atoms with Gasteiger partial charge in [-0.1, -0.05) is 220 Å². The lowest BCUT2D eigenvalue weighted by atomic mass is 9.55. The summed E-state index contributed by atoms with van der Waals surface area (Å²) >= 11 is 0. The van der Waals surface area contributed by atoms with Gasteiger partial charge in [-0.2, -0.15) is 0 Å². The van der Waals surface area contributed by atoms with Crippen LogP contribution in [0.3, 0.4) is 0 Å². The first-order valence-electron chi connectivity index (χ1n) is 21.4. The zero-order valence-electron chi connectivity index (χ0n) is 34.5. The van der Waals surface area contributed by atoms with Gasteiger partial charge in [-0.05, 0) is 83.6 Å². The van der Waals surface area contributed by atoms with Gasteiger partial charge in [0.2, 0.25) is 0 Å². The molecule has 292 valence electrons. The minimum atomic E-state index is -0.463. The van der Waals surface area contributed by atoms with Crippen LogP contribution < -0.4 is 0 Å². The third-order valence-electron chi connectivity index (χ3n) is 13.5. The molecule has 9 aromatic carbocycles. The number of aromatic nitrogens is 3. The molecule has 62 heavy (non-hydrogen) atoms. The summed E-state index contributed by atoms with van der Waals surface area (Å²) in [5, 5.41) is 2.24. The second kappa shape index (κ2) is 13.9. The van der Waals surface area contributed by atoms with Crippen molar-refractivity contribution in [3.8, 4) is 67.5 Å². The fourth-order valence-corrected chi connectivity index (χ4v) is 10.6. The first-order valence-corrected chi connectivity index (χ1v) is 21.4. The molecule has 0 saturated heterocycles. The van der Waals surface area contributed by atoms with Crippen LogP contribution in [0.2, 0.25) is 0 Å². The Hall–Kier alpha value is -7.75. The van der Waals surface area contributed by atoms with Crippen LogP contribution >= 0.6 is 0 Å². The van der Waals surface area contributed by atoms with E-state index < -0.39 is 5.41 Å². The van der Waals surface area contributed by atoms with E-state index in [4.69, 9.17) is 15.0 Å². The SMILES string of the molecule is CC1(C)c2ccccc2C2(c3ccccc3-c3c(-c4ccc(-c5nc(-c6ccccc6)nc(-c6ccc(-c7ccccc7)cc6)n5)c5ccccc45)cccc32)c2ccccc21. The number of hydrogen-bond acceptors (Lipinski definition) is 3. The molecular formula is C59H41N3. The molecule has 0 amide bonds. The van der Waals surface area contributed by atoms with Crippen molar-refractivity contribution >= 4 is 10.8 Å². The Morgan fingerprint density at radius 3 is 1.34 bits per heavy atom. The smallest absolute Gasteiger partial charge is 0.164 e. The highest BCUT2D eigenvalue weighted by atomic mass is 15.0. The van der Waals surface area contributed by atoms with Gasteiger partial charge in [0.15, 0.2) is 17.5 Å². The number of rotatable bonds is 5. The summed E-state index contributed by atoms with van der Waals surface area (Å²) in [5.41, 5.74) is 17.7. The van der Waals surface area contributed by atoms with Crippen LogP contribution in [0.15, 0.2) is 212 Å². The predicted octanol–water partition coefficient (Wildman–Crippen LogP) is 14.4. The van der Waals surface area contributed by atoms with Gasteiger partial charge in [0, 0.05) is 22.1 Å². The van der Waals surface area contributed by atoms with Crippen LogP contribution in [0.5, 0.6) is 0 Å². The molecule has 0 N–H and O–H groups in total. The molecule has 2 aliphatic rings. The van der Waals surface area contributed by atoms with E-state index in [0.29, 0.717) is 17.5 Å². The van der Waals surface area contributed by atoms with Crippen LogP contribution in [0, 0.1) is 0 Å². The zero-order valence-corrected chi connectivity index (χ0v) is 34.5. The summed E-state index contributed by atoms with van der Waals surface area (Å²) in [6, 6.07) is 76.8. The lowest BCUT2D eigenvalue weighted by molar-refractivity contribution is 0.563. The van der Waals surface area contributed by atoms with Crippen molar-refractivity contribution in [2.75, 3.05) is 0 Å². The fourth-order valence-electron chi connectivity index (χ4n) is 10.6. The van der Waals surface area contributed by atoms with E-state index in [9.17, 15) is 0 Å². The highest BCUT2D eigenvalue weighted by Crippen LogP contribution is 2.63. The van der Waals surface area contributed by atoms with Gasteiger partial charge in [0.05, 0.1) is 5.41 Å². The highest BCUT2D eigenvalue weighted by Gasteiger charge is 2.53. The second-order valence-corrected chi connectivity index (χ2v) is 17.1. The molecular weight excluding hydrogens is 751 g/mol. The number of nitrogens with zero attached hydrogens (tertiary/aromatic N) is 3. The van der Waals surface area contributed by atoms with Crippen LogP contribution in [0.1, 0.15) is 47.2 Å². The second-order valence-electron chi connectivity index (χ2n) is 17.1. The van der Waals surface area contributed by atoms with Gasteiger partial charge in [-0.25, -0.2) is 15.0 Å². The summed E-state index contributed by atoms with van der Waals surface area (Å²) in [6.07, 6.45) is 0. The first-order chi connectivity index (χ1) is 30.5. The summed E-state index contributed by atoms with van der Waals surface area (Å²) in [5.74, 6) is 1.93. The van der Waals surface area contributed by atoms with Gasteiger partial charge in [0.1, 0.15) is 0 Å². The van der Waals surface area contributed by atoms with E-state index in [2.05, 4.69) is 202 Å². The van der Waals surface area contributed by atoms with Crippen LogP contribution in [-0.2, 0) is 10.8 Å². The maximum absolute atomic E-state index is 5.23. The number of fused-ring (bicyclic) bond motifs is 10. The van der Waals surface area contributed by atoms with Crippen molar-refractivity contribution < 1.29 is 0 Å². The molecule has 0 bridgehead atoms. The highest BCUT2D eigenvalue weighted by molar-refractivity contribution is 6.08. The molecule has 0 saturated carbocycles. The van der Waals surface area contributed by atoms with E-state index in [0.717, 1.165) is 33.0 Å². The molecule has 3 nitrogen and oxygen atoms in total. The van der Waals surface area contributed by atoms with E-state index in [1.165, 1.54) is 61.2 Å². The van der Waals surface area contributed by atoms with E-state index in [1.54, 1.807) is 0 Å². The molecule has 1 aromatic heterocycles. The predicted molar refractivity (Wildman–Crippen MR) is 254 cm³/mol. The molecule has 3 heteroatoms. The average molecular weight is 792 g/mol. The van der Waals surface area contributed by atoms with Gasteiger partial charge >= 0.3 is 0 Å². The maximum atomic E-state index is 5.23. The molecule has 1 heterocycles. The largest absolute Gasteiger partial charge is 0.208 e. The Morgan fingerprint density at radius 2 is 0.694 bits per heavy atom. The van der Waals surface area contributed by atoms with Gasteiger partial charge in [-0.15, -0.1) is 0 Å². The Kier molecular flexibility index (Phi) is 8.10. The van der Waals surface area contributed by atoms with Crippen molar-refractivity contribution in [2.24, 2.45) is 0 Å². The van der Waals surface area contributed by atoms with Crippen molar-refractivity contribution in [1.82, 2.24) is 15.0 Å². The lowest BCUT2D eigenvalue weighted by Crippen LogP contribution is -2.40. The van der Waals surface area contributed by atoms with Crippen molar-refractivity contribution in [2.45, 2.75) is 24.7 Å². The van der Waals surface area contributed by atoms with Crippen molar-refractivity contribution in [3.05, 3.63) is 246 Å². The molecule has 0 aliphatic heterocycles. The van der Waals surface area contributed by atoms with Crippen LogP contribution in [-0.4, -0.2) is 15.0 Å². The third-order valence-corrected chi connectivity index (χ3v) is 13.5. The van der Waals surface area contributed by atoms with Crippen molar-refractivity contribution in [3.63, 3.8) is 0 Å². The average Bonchev–Trinajstić information content (AvgIpc) is 3.64. The van der Waals surface area contributed by atoms with Gasteiger partial charge in [-0.3, -0.25) is 0 Å². The maximum Gasteiger partial charge on any atom is 0.164 e. The summed E-state index contributed by atoms with van der Waals surface area (Å²) in [4.78, 5) is 15.5. The molecule has 12 rings (SSSR count). The summed E-state index contributed by atoms with van der Waals surface area (Å²) in [7, 11) is 0. The number of hydrogen-bond donors (Lipinski definition) is 0. The van der Waals surface area contributed by atoms with E-state index >= 15 is 0 Å². The minimum absolute atomic E-state index is 0.152. The topological polar surface area (TPSA) is 38.7 Å². The van der Waals surface area contributed by atoms with Gasteiger partial charge in [0.25, 0.3) is 0 Å². The molecule has 0 radical (unpaired) electrons. The Bertz CT molecular complexity index is 3320. The molecule has 0 atom stereocenters. The minimum Gasteiger partial charge on any atom is -0.208 e. The van der Waals surface area contributed by atoms with Gasteiger partial charge < -0.3 is 0 Å². The molecule has 2 aliphatic carbocycles. The van der Waals surface area contributed by atoms with Crippen molar-refractivity contribution in [1.29, 1.82) is 0 Å². The van der Waals surface area contributed by atoms with E-state index in [1.807, 2.05) is 24.3 Å². The van der Waals surface area contributed by atoms with Crippen LogP contribution in [0.25, 0.3) is 78.3 Å². The lowest BCUT2D eigenvalue weighted by Gasteiger charge is -2.46. The summed E-state index contributed by atoms with van der Waals surface area (Å²) in [6.45, 7) is 4.76. The number of benzene rings is 9. The van der Waals surface area contributed by atoms with Crippen LogP contribution in [0.4, 0.5) is 0 Å². The standard InChI is InChI=1S/C59H41N3/c1-58(2)49-27-13-15-29-51(49)59(52-30-16-14-28-50(52)58)48-26-12-11-24-47(48)54-45(25-17-31-53(54)59)44-36-37-46(43-23-10-9-22-42(43)44)57-61-55(40-20-7-4-8-21-40)60-56(62-57)41-34-32-39(33-35-41)38-18-5-3-6-19-38/h3-37H,1-2H3. The molecule has 0 unspecified atom stereocenters. The Morgan fingerprint density at radius 1 is 0.274 bits per heavy atom. The zero-order chi connectivity index (χ0) is 41.4. The fraction of sp³-hybridized carbons (Fsp3) is 0.0678. The molecule has 0 fully saturated rings. The monoisotopic (exact) mass is 791 g/mol.